The van der Waals surface area contributed by atoms with Gasteiger partial charge in [0.05, 0.1) is 23.3 Å². The zero-order valence-corrected chi connectivity index (χ0v) is 13.1. The van der Waals surface area contributed by atoms with Crippen molar-refractivity contribution in [2.24, 2.45) is 0 Å². The molecule has 0 spiro atoms. The van der Waals surface area contributed by atoms with E-state index in [1.54, 1.807) is 35.9 Å². The van der Waals surface area contributed by atoms with Gasteiger partial charge in [-0.2, -0.15) is 0 Å². The lowest BCUT2D eigenvalue weighted by Crippen LogP contribution is -2.27. The molecule has 0 aliphatic heterocycles. The standard InChI is InChI=1S/C12H14N4OS.2ClH/c13-9-1-2-10(16-8-9)7-11(17)14-4-3-12-15-5-6-18-12;;/h1-2,5-6,8H,3-4,7,13H2,(H,14,17);2*1H. The molecule has 0 unspecified atom stereocenters. The summed E-state index contributed by atoms with van der Waals surface area (Å²) in [4.78, 5) is 19.9. The molecule has 0 aromatic carbocycles. The van der Waals surface area contributed by atoms with Crippen LogP contribution in [-0.4, -0.2) is 22.4 Å². The molecule has 0 saturated carbocycles. The van der Waals surface area contributed by atoms with E-state index in [9.17, 15) is 4.79 Å². The lowest BCUT2D eigenvalue weighted by Gasteiger charge is -2.03. The van der Waals surface area contributed by atoms with Gasteiger partial charge < -0.3 is 11.1 Å². The Labute approximate surface area is 133 Å². The number of nitrogens with zero attached hydrogens (tertiary/aromatic N) is 2. The minimum absolute atomic E-state index is 0. The van der Waals surface area contributed by atoms with E-state index in [0.29, 0.717) is 12.2 Å². The Kier molecular flexibility index (Phi) is 8.87. The first-order chi connectivity index (χ1) is 8.74. The Morgan fingerprint density at radius 1 is 1.30 bits per heavy atom. The van der Waals surface area contributed by atoms with Gasteiger partial charge in [0.15, 0.2) is 0 Å². The third kappa shape index (κ3) is 6.18. The summed E-state index contributed by atoms with van der Waals surface area (Å²) in [6.45, 7) is 0.599. The maximum Gasteiger partial charge on any atom is 0.226 e. The highest BCUT2D eigenvalue weighted by molar-refractivity contribution is 7.09. The molecular weight excluding hydrogens is 319 g/mol. The Hall–Kier alpha value is -1.37. The van der Waals surface area contributed by atoms with E-state index in [-0.39, 0.29) is 37.1 Å². The summed E-state index contributed by atoms with van der Waals surface area (Å²) in [6, 6.07) is 3.50. The molecule has 0 atom stereocenters. The second-order valence-electron chi connectivity index (χ2n) is 3.79. The topological polar surface area (TPSA) is 80.9 Å². The number of hydrogen-bond donors (Lipinski definition) is 2. The Balaban J connectivity index is 0.00000180. The minimum Gasteiger partial charge on any atom is -0.397 e. The smallest absolute Gasteiger partial charge is 0.226 e. The van der Waals surface area contributed by atoms with Crippen LogP contribution < -0.4 is 11.1 Å². The largest absolute Gasteiger partial charge is 0.397 e. The zero-order valence-electron chi connectivity index (χ0n) is 10.6. The monoisotopic (exact) mass is 334 g/mol. The summed E-state index contributed by atoms with van der Waals surface area (Å²) in [6.07, 6.45) is 4.36. The number of aromatic nitrogens is 2. The third-order valence-electron chi connectivity index (χ3n) is 2.33. The van der Waals surface area contributed by atoms with Crippen LogP contribution in [0.25, 0.3) is 0 Å². The normalized spacial score (nSPS) is 9.20. The number of amides is 1. The van der Waals surface area contributed by atoms with Crippen molar-refractivity contribution in [2.45, 2.75) is 12.8 Å². The number of thiazole rings is 1. The highest BCUT2D eigenvalue weighted by atomic mass is 35.5. The van der Waals surface area contributed by atoms with Crippen LogP contribution in [0.5, 0.6) is 0 Å². The van der Waals surface area contributed by atoms with Crippen LogP contribution >= 0.6 is 36.2 Å². The Morgan fingerprint density at radius 2 is 2.10 bits per heavy atom. The van der Waals surface area contributed by atoms with Gasteiger partial charge in [0, 0.05) is 30.2 Å². The zero-order chi connectivity index (χ0) is 12.8. The van der Waals surface area contributed by atoms with Crippen LogP contribution in [0.2, 0.25) is 0 Å². The summed E-state index contributed by atoms with van der Waals surface area (Å²) >= 11 is 1.59. The summed E-state index contributed by atoms with van der Waals surface area (Å²) in [5, 5.41) is 5.80. The summed E-state index contributed by atoms with van der Waals surface area (Å²) in [5.41, 5.74) is 6.84. The van der Waals surface area contributed by atoms with Gasteiger partial charge >= 0.3 is 0 Å². The number of carbonyl (C=O) groups excluding carboxylic acids is 1. The van der Waals surface area contributed by atoms with Crippen molar-refractivity contribution >= 4 is 47.7 Å². The quantitative estimate of drug-likeness (QED) is 0.874. The van der Waals surface area contributed by atoms with Crippen LogP contribution in [0.4, 0.5) is 5.69 Å². The van der Waals surface area contributed by atoms with Crippen molar-refractivity contribution in [2.75, 3.05) is 12.3 Å². The first-order valence-electron chi connectivity index (χ1n) is 5.59. The van der Waals surface area contributed by atoms with Crippen LogP contribution in [-0.2, 0) is 17.6 Å². The molecule has 0 aliphatic rings. The number of carbonyl (C=O) groups is 1. The van der Waals surface area contributed by atoms with E-state index < -0.39 is 0 Å². The number of nitrogen functional groups attached to an aromatic ring is 1. The molecule has 5 nitrogen and oxygen atoms in total. The van der Waals surface area contributed by atoms with Gasteiger partial charge in [-0.1, -0.05) is 0 Å². The second kappa shape index (κ2) is 9.52. The SMILES string of the molecule is Cl.Cl.Nc1ccc(CC(=O)NCCc2nccs2)nc1. The fourth-order valence-electron chi connectivity index (χ4n) is 1.45. The summed E-state index contributed by atoms with van der Waals surface area (Å²) in [5.74, 6) is -0.0381. The van der Waals surface area contributed by atoms with E-state index in [1.807, 2.05) is 5.38 Å². The van der Waals surface area contributed by atoms with E-state index in [4.69, 9.17) is 5.73 Å². The van der Waals surface area contributed by atoms with Gasteiger partial charge in [0.2, 0.25) is 5.91 Å². The molecule has 8 heteroatoms. The number of anilines is 1. The van der Waals surface area contributed by atoms with Crippen molar-refractivity contribution in [3.05, 3.63) is 40.6 Å². The average Bonchev–Trinajstić information content (AvgIpc) is 2.85. The van der Waals surface area contributed by atoms with Crippen molar-refractivity contribution in [1.82, 2.24) is 15.3 Å². The molecule has 2 aromatic heterocycles. The van der Waals surface area contributed by atoms with Gasteiger partial charge in [-0.15, -0.1) is 36.2 Å². The van der Waals surface area contributed by atoms with Crippen LogP contribution in [0.15, 0.2) is 29.9 Å². The maximum atomic E-state index is 11.6. The van der Waals surface area contributed by atoms with Gasteiger partial charge in [-0.05, 0) is 12.1 Å². The van der Waals surface area contributed by atoms with E-state index in [0.717, 1.165) is 17.1 Å². The van der Waals surface area contributed by atoms with Gasteiger partial charge in [0.25, 0.3) is 0 Å². The predicted octanol–water partition coefficient (Wildman–Crippen LogP) is 1.87. The van der Waals surface area contributed by atoms with E-state index in [1.165, 1.54) is 0 Å². The molecule has 20 heavy (non-hydrogen) atoms. The van der Waals surface area contributed by atoms with Gasteiger partial charge in [0.1, 0.15) is 0 Å². The molecule has 0 aliphatic carbocycles. The minimum atomic E-state index is -0.0381. The van der Waals surface area contributed by atoms with Crippen LogP contribution in [0.1, 0.15) is 10.7 Å². The predicted molar refractivity (Wildman–Crippen MR) is 85.7 cm³/mol. The number of hydrogen-bond acceptors (Lipinski definition) is 5. The maximum absolute atomic E-state index is 11.6. The Morgan fingerprint density at radius 3 is 2.70 bits per heavy atom. The summed E-state index contributed by atoms with van der Waals surface area (Å²) in [7, 11) is 0. The molecule has 110 valence electrons. The molecule has 1 amide bonds. The molecule has 0 bridgehead atoms. The fourth-order valence-corrected chi connectivity index (χ4v) is 2.07. The number of nitrogens with two attached hydrogens (primary N) is 1. The van der Waals surface area contributed by atoms with Crippen molar-refractivity contribution < 1.29 is 4.79 Å². The lowest BCUT2D eigenvalue weighted by atomic mass is 10.2. The molecule has 0 saturated heterocycles. The third-order valence-corrected chi connectivity index (χ3v) is 3.17. The fraction of sp³-hybridized carbons (Fsp3) is 0.250. The number of nitrogens with one attached hydrogen (secondary N) is 1. The van der Waals surface area contributed by atoms with Crippen LogP contribution in [0.3, 0.4) is 0 Å². The van der Waals surface area contributed by atoms with Crippen molar-refractivity contribution in [3.8, 4) is 0 Å². The van der Waals surface area contributed by atoms with E-state index in [2.05, 4.69) is 15.3 Å². The highest BCUT2D eigenvalue weighted by Gasteiger charge is 2.04. The van der Waals surface area contributed by atoms with Crippen molar-refractivity contribution in [1.29, 1.82) is 0 Å². The molecule has 0 fully saturated rings. The molecule has 3 N–H and O–H groups in total. The first kappa shape index (κ1) is 18.6. The van der Waals surface area contributed by atoms with Gasteiger partial charge in [-0.3, -0.25) is 9.78 Å². The Bertz CT molecular complexity index is 505. The molecule has 0 radical (unpaired) electrons. The molecule has 2 rings (SSSR count). The van der Waals surface area contributed by atoms with E-state index >= 15 is 0 Å². The second-order valence-corrected chi connectivity index (χ2v) is 4.76. The molecule has 2 heterocycles. The molecule has 2 aromatic rings. The van der Waals surface area contributed by atoms with Gasteiger partial charge in [-0.25, -0.2) is 4.98 Å². The highest BCUT2D eigenvalue weighted by Crippen LogP contribution is 2.04. The number of halogens is 2. The summed E-state index contributed by atoms with van der Waals surface area (Å²) < 4.78 is 0. The number of pyridine rings is 1. The first-order valence-corrected chi connectivity index (χ1v) is 6.47. The van der Waals surface area contributed by atoms with Crippen LogP contribution in [0, 0.1) is 0 Å². The number of rotatable bonds is 5. The average molecular weight is 335 g/mol. The molecular formula is C12H16Cl2N4OS. The lowest BCUT2D eigenvalue weighted by molar-refractivity contribution is -0.120. The van der Waals surface area contributed by atoms with Crippen molar-refractivity contribution in [3.63, 3.8) is 0 Å².